The molecule has 0 unspecified atom stereocenters. The molecule has 1 aromatic carbocycles. The van der Waals surface area contributed by atoms with Gasteiger partial charge in [-0.25, -0.2) is 4.39 Å². The molecule has 134 valence electrons. The SMILES string of the molecule is CN1CCN(C(=O)c2ccc(F)c(C#N)c2)C[C@H]1c1nc(C2CC2)no1. The van der Waals surface area contributed by atoms with Gasteiger partial charge < -0.3 is 9.42 Å². The number of carbonyl (C=O) groups excluding carboxylic acids is 1. The van der Waals surface area contributed by atoms with E-state index in [0.717, 1.165) is 24.7 Å². The summed E-state index contributed by atoms with van der Waals surface area (Å²) < 4.78 is 18.9. The van der Waals surface area contributed by atoms with Crippen molar-refractivity contribution in [1.29, 1.82) is 5.26 Å². The topological polar surface area (TPSA) is 86.3 Å². The molecule has 0 bridgehead atoms. The Bertz CT molecular complexity index is 886. The van der Waals surface area contributed by atoms with Crippen molar-refractivity contribution in [3.05, 3.63) is 46.9 Å². The van der Waals surface area contributed by atoms with Gasteiger partial charge in [-0.15, -0.1) is 0 Å². The van der Waals surface area contributed by atoms with Crippen molar-refractivity contribution < 1.29 is 13.7 Å². The van der Waals surface area contributed by atoms with Crippen LogP contribution in [-0.2, 0) is 0 Å². The number of hydrogen-bond acceptors (Lipinski definition) is 6. The molecule has 1 aliphatic heterocycles. The number of likely N-dealkylation sites (N-methyl/N-ethyl adjacent to an activating group) is 1. The number of benzene rings is 1. The van der Waals surface area contributed by atoms with Gasteiger partial charge in [0.2, 0.25) is 5.89 Å². The molecule has 8 heteroatoms. The van der Waals surface area contributed by atoms with Gasteiger partial charge in [0.05, 0.1) is 5.56 Å². The number of halogens is 1. The number of aromatic nitrogens is 2. The standard InChI is InChI=1S/C18H18FN5O2/c1-23-6-7-24(18(25)12-4-5-14(19)13(8-12)9-20)10-15(23)17-21-16(22-26-17)11-2-3-11/h4-5,8,11,15H,2-3,6-7,10H2,1H3/t15-/m0/s1. The second kappa shape index (κ2) is 6.50. The van der Waals surface area contributed by atoms with Gasteiger partial charge in [0.1, 0.15) is 17.9 Å². The average Bonchev–Trinajstić information content (AvgIpc) is 3.39. The summed E-state index contributed by atoms with van der Waals surface area (Å²) in [6, 6.07) is 5.44. The summed E-state index contributed by atoms with van der Waals surface area (Å²) in [5.41, 5.74) is 0.169. The summed E-state index contributed by atoms with van der Waals surface area (Å²) >= 11 is 0. The minimum atomic E-state index is -0.626. The molecule has 1 amide bonds. The van der Waals surface area contributed by atoms with Crippen molar-refractivity contribution in [2.75, 3.05) is 26.7 Å². The normalized spacial score (nSPS) is 20.8. The van der Waals surface area contributed by atoms with Gasteiger partial charge in [-0.1, -0.05) is 5.16 Å². The molecule has 0 radical (unpaired) electrons. The number of nitrogens with zero attached hydrogens (tertiary/aromatic N) is 5. The molecule has 2 aromatic rings. The number of carbonyl (C=O) groups is 1. The maximum Gasteiger partial charge on any atom is 0.254 e. The molecule has 1 aromatic heterocycles. The Labute approximate surface area is 150 Å². The van der Waals surface area contributed by atoms with E-state index in [1.807, 2.05) is 7.05 Å². The highest BCUT2D eigenvalue weighted by Gasteiger charge is 2.35. The second-order valence-corrected chi connectivity index (χ2v) is 6.82. The maximum atomic E-state index is 13.5. The Balaban J connectivity index is 1.53. The minimum absolute atomic E-state index is 0.132. The van der Waals surface area contributed by atoms with Crippen molar-refractivity contribution in [2.24, 2.45) is 0 Å². The highest BCUT2D eigenvalue weighted by molar-refractivity contribution is 5.94. The van der Waals surface area contributed by atoms with Crippen LogP contribution in [0.15, 0.2) is 22.7 Å². The first-order valence-corrected chi connectivity index (χ1v) is 8.59. The summed E-state index contributed by atoms with van der Waals surface area (Å²) in [6.07, 6.45) is 2.19. The highest BCUT2D eigenvalue weighted by atomic mass is 19.1. The quantitative estimate of drug-likeness (QED) is 0.838. The van der Waals surface area contributed by atoms with E-state index in [1.165, 1.54) is 12.1 Å². The van der Waals surface area contributed by atoms with E-state index < -0.39 is 5.82 Å². The molecule has 1 atom stereocenters. The van der Waals surface area contributed by atoms with E-state index in [-0.39, 0.29) is 17.5 Å². The van der Waals surface area contributed by atoms with E-state index in [4.69, 9.17) is 9.78 Å². The average molecular weight is 355 g/mol. The monoisotopic (exact) mass is 355 g/mol. The molecule has 1 saturated carbocycles. The Morgan fingerprint density at radius 3 is 2.92 bits per heavy atom. The predicted octanol–water partition coefficient (Wildman–Crippen LogP) is 2.09. The van der Waals surface area contributed by atoms with Gasteiger partial charge in [0.15, 0.2) is 5.82 Å². The van der Waals surface area contributed by atoms with Crippen LogP contribution in [0.3, 0.4) is 0 Å². The summed E-state index contributed by atoms with van der Waals surface area (Å²) in [6.45, 7) is 1.60. The largest absolute Gasteiger partial charge is 0.338 e. The summed E-state index contributed by atoms with van der Waals surface area (Å²) in [5, 5.41) is 13.0. The lowest BCUT2D eigenvalue weighted by Gasteiger charge is -2.37. The molecular formula is C18H18FN5O2. The second-order valence-electron chi connectivity index (χ2n) is 6.82. The van der Waals surface area contributed by atoms with E-state index in [1.54, 1.807) is 11.0 Å². The van der Waals surface area contributed by atoms with Crippen LogP contribution in [0.5, 0.6) is 0 Å². The summed E-state index contributed by atoms with van der Waals surface area (Å²) in [7, 11) is 1.96. The number of nitriles is 1. The third-order valence-corrected chi connectivity index (χ3v) is 4.95. The van der Waals surface area contributed by atoms with E-state index in [2.05, 4.69) is 15.0 Å². The van der Waals surface area contributed by atoms with Crippen LogP contribution in [0.4, 0.5) is 4.39 Å². The molecule has 2 aliphatic rings. The van der Waals surface area contributed by atoms with Gasteiger partial charge in [0.25, 0.3) is 5.91 Å². The van der Waals surface area contributed by atoms with Crippen molar-refractivity contribution in [3.8, 4) is 6.07 Å². The molecule has 7 nitrogen and oxygen atoms in total. The third-order valence-electron chi connectivity index (χ3n) is 4.95. The third kappa shape index (κ3) is 3.06. The molecule has 1 aliphatic carbocycles. The lowest BCUT2D eigenvalue weighted by Crippen LogP contribution is -2.49. The predicted molar refractivity (Wildman–Crippen MR) is 88.7 cm³/mol. The summed E-state index contributed by atoms with van der Waals surface area (Å²) in [4.78, 5) is 21.1. The molecule has 1 saturated heterocycles. The Morgan fingerprint density at radius 1 is 1.38 bits per heavy atom. The molecule has 4 rings (SSSR count). The van der Waals surface area contributed by atoms with Crippen LogP contribution in [0.1, 0.15) is 52.4 Å². The van der Waals surface area contributed by atoms with Crippen molar-refractivity contribution in [3.63, 3.8) is 0 Å². The number of amides is 1. The molecule has 26 heavy (non-hydrogen) atoms. The lowest BCUT2D eigenvalue weighted by atomic mass is 10.1. The van der Waals surface area contributed by atoms with Gasteiger partial charge in [-0.2, -0.15) is 10.2 Å². The van der Waals surface area contributed by atoms with Crippen LogP contribution in [0.25, 0.3) is 0 Å². The summed E-state index contributed by atoms with van der Waals surface area (Å²) in [5.74, 6) is 0.806. The molecule has 0 N–H and O–H groups in total. The van der Waals surface area contributed by atoms with E-state index >= 15 is 0 Å². The Morgan fingerprint density at radius 2 is 2.19 bits per heavy atom. The van der Waals surface area contributed by atoms with Crippen molar-refractivity contribution >= 4 is 5.91 Å². The fourth-order valence-corrected chi connectivity index (χ4v) is 3.14. The fourth-order valence-electron chi connectivity index (χ4n) is 3.14. The Kier molecular flexibility index (Phi) is 4.17. The smallest absolute Gasteiger partial charge is 0.254 e. The number of piperazine rings is 1. The Hall–Kier alpha value is -2.79. The molecule has 2 fully saturated rings. The first-order chi connectivity index (χ1) is 12.6. The van der Waals surface area contributed by atoms with E-state index in [9.17, 15) is 9.18 Å². The lowest BCUT2D eigenvalue weighted by molar-refractivity contribution is 0.0489. The van der Waals surface area contributed by atoms with Crippen LogP contribution in [0, 0.1) is 17.1 Å². The van der Waals surface area contributed by atoms with Gasteiger partial charge in [0, 0.05) is 31.1 Å². The molecular weight excluding hydrogens is 337 g/mol. The zero-order valence-corrected chi connectivity index (χ0v) is 14.4. The van der Waals surface area contributed by atoms with Crippen LogP contribution in [0.2, 0.25) is 0 Å². The zero-order chi connectivity index (χ0) is 18.3. The molecule has 0 spiro atoms. The number of rotatable bonds is 3. The zero-order valence-electron chi connectivity index (χ0n) is 14.4. The van der Waals surface area contributed by atoms with Gasteiger partial charge in [-0.05, 0) is 38.1 Å². The fraction of sp³-hybridized carbons (Fsp3) is 0.444. The van der Waals surface area contributed by atoms with Gasteiger partial charge >= 0.3 is 0 Å². The van der Waals surface area contributed by atoms with E-state index in [0.29, 0.717) is 37.0 Å². The van der Waals surface area contributed by atoms with Gasteiger partial charge in [-0.3, -0.25) is 9.69 Å². The van der Waals surface area contributed by atoms with Crippen LogP contribution >= 0.6 is 0 Å². The van der Waals surface area contributed by atoms with Crippen LogP contribution < -0.4 is 0 Å². The minimum Gasteiger partial charge on any atom is -0.338 e. The van der Waals surface area contributed by atoms with Crippen molar-refractivity contribution in [1.82, 2.24) is 19.9 Å². The maximum absolute atomic E-state index is 13.5. The molecule has 2 heterocycles. The highest BCUT2D eigenvalue weighted by Crippen LogP contribution is 2.38. The first kappa shape index (κ1) is 16.7. The number of hydrogen-bond donors (Lipinski definition) is 0. The van der Waals surface area contributed by atoms with Crippen LogP contribution in [-0.4, -0.2) is 52.5 Å². The first-order valence-electron chi connectivity index (χ1n) is 8.59. The van der Waals surface area contributed by atoms with Crippen molar-refractivity contribution in [2.45, 2.75) is 24.8 Å².